The minimum atomic E-state index is -0.645. The van der Waals surface area contributed by atoms with E-state index in [4.69, 9.17) is 32.4 Å². The molecule has 1 aliphatic heterocycles. The van der Waals surface area contributed by atoms with Crippen molar-refractivity contribution in [3.8, 4) is 5.75 Å². The number of hydrogen-bond donors (Lipinski definition) is 0. The summed E-state index contributed by atoms with van der Waals surface area (Å²) in [5.74, 6) is -0.343. The highest BCUT2D eigenvalue weighted by Crippen LogP contribution is 2.36. The van der Waals surface area contributed by atoms with Gasteiger partial charge in [-0.3, -0.25) is 14.5 Å². The molecular formula is C24H16BrCl2NO6S. The summed E-state index contributed by atoms with van der Waals surface area (Å²) in [6.45, 7) is 0.111. The van der Waals surface area contributed by atoms with Gasteiger partial charge in [0.25, 0.3) is 11.1 Å². The largest absolute Gasteiger partial charge is 0.488 e. The Kier molecular flexibility index (Phi) is 7.91. The second kappa shape index (κ2) is 10.9. The summed E-state index contributed by atoms with van der Waals surface area (Å²) < 4.78 is 16.7. The van der Waals surface area contributed by atoms with Crippen LogP contribution < -0.4 is 4.74 Å². The van der Waals surface area contributed by atoms with Crippen molar-refractivity contribution >= 4 is 74.1 Å². The molecule has 0 saturated carbocycles. The average molecular weight is 597 g/mol. The lowest BCUT2D eigenvalue weighted by molar-refractivity contribution is -0.123. The summed E-state index contributed by atoms with van der Waals surface area (Å²) in [6, 6.07) is 13.5. The van der Waals surface area contributed by atoms with Crippen LogP contribution in [0.2, 0.25) is 10.0 Å². The second-order valence-electron chi connectivity index (χ2n) is 7.24. The van der Waals surface area contributed by atoms with E-state index in [0.717, 1.165) is 26.7 Å². The Hall–Kier alpha value is -2.72. The number of methoxy groups -OCH3 is 1. The van der Waals surface area contributed by atoms with Crippen molar-refractivity contribution in [1.29, 1.82) is 0 Å². The van der Waals surface area contributed by atoms with Crippen LogP contribution in [0.1, 0.15) is 27.4 Å². The van der Waals surface area contributed by atoms with Crippen molar-refractivity contribution < 1.29 is 28.3 Å². The number of ether oxygens (including phenoxy) is 2. The molecule has 7 nitrogen and oxygen atoms in total. The number of halogens is 3. The van der Waals surface area contributed by atoms with Gasteiger partial charge in [-0.05, 0) is 65.9 Å². The van der Waals surface area contributed by atoms with E-state index in [1.807, 2.05) is 6.07 Å². The van der Waals surface area contributed by atoms with Gasteiger partial charge in [0.15, 0.2) is 0 Å². The zero-order chi connectivity index (χ0) is 25.1. The number of hydrogen-bond acceptors (Lipinski definition) is 7. The van der Waals surface area contributed by atoms with Gasteiger partial charge in [-0.2, -0.15) is 0 Å². The normalized spacial score (nSPS) is 14.6. The second-order valence-corrected chi connectivity index (χ2v) is 9.97. The van der Waals surface area contributed by atoms with E-state index in [1.165, 1.54) is 19.2 Å². The van der Waals surface area contributed by atoms with Crippen molar-refractivity contribution in [3.05, 3.63) is 90.6 Å². The fourth-order valence-corrected chi connectivity index (χ4v) is 4.69. The van der Waals surface area contributed by atoms with E-state index in [0.29, 0.717) is 21.4 Å². The molecule has 4 rings (SSSR count). The van der Waals surface area contributed by atoms with Crippen LogP contribution in [-0.2, 0) is 22.7 Å². The van der Waals surface area contributed by atoms with Gasteiger partial charge in [-0.25, -0.2) is 4.79 Å². The highest BCUT2D eigenvalue weighted by molar-refractivity contribution is 9.10. The van der Waals surface area contributed by atoms with E-state index in [2.05, 4.69) is 20.7 Å². The fourth-order valence-electron chi connectivity index (χ4n) is 3.16. The standard InChI is InChI=1S/C24H16BrCl2NO6S/c1-32-23(30)20-7-4-16(34-20)11-28-22(29)21(35-24(28)31)10-14-9-15(25)3-6-19(14)33-12-13-2-5-17(26)18(27)8-13/h2-10H,11-12H2,1H3/b21-10+. The lowest BCUT2D eigenvalue weighted by Gasteiger charge is -2.11. The van der Waals surface area contributed by atoms with Crippen molar-refractivity contribution in [2.45, 2.75) is 13.2 Å². The molecule has 0 bridgehead atoms. The van der Waals surface area contributed by atoms with Gasteiger partial charge >= 0.3 is 5.97 Å². The summed E-state index contributed by atoms with van der Waals surface area (Å²) in [4.78, 5) is 38.4. The molecule has 3 aromatic rings. The Morgan fingerprint density at radius 2 is 1.91 bits per heavy atom. The number of carbonyl (C=O) groups is 3. The maximum Gasteiger partial charge on any atom is 0.373 e. The molecule has 180 valence electrons. The lowest BCUT2D eigenvalue weighted by Crippen LogP contribution is -2.27. The van der Waals surface area contributed by atoms with Crippen molar-refractivity contribution in [2.75, 3.05) is 7.11 Å². The van der Waals surface area contributed by atoms with Gasteiger partial charge < -0.3 is 13.9 Å². The maximum absolute atomic E-state index is 13.0. The molecule has 0 atom stereocenters. The van der Waals surface area contributed by atoms with Gasteiger partial charge in [0.1, 0.15) is 18.1 Å². The molecule has 0 spiro atoms. The highest BCUT2D eigenvalue weighted by atomic mass is 79.9. The molecule has 2 heterocycles. The number of amides is 2. The van der Waals surface area contributed by atoms with E-state index < -0.39 is 17.1 Å². The first-order valence-electron chi connectivity index (χ1n) is 10.0. The summed E-state index contributed by atoms with van der Waals surface area (Å²) in [7, 11) is 1.23. The first kappa shape index (κ1) is 25.4. The van der Waals surface area contributed by atoms with Crippen LogP contribution in [0.4, 0.5) is 4.79 Å². The summed E-state index contributed by atoms with van der Waals surface area (Å²) >= 11 is 16.3. The molecule has 0 aliphatic carbocycles. The van der Waals surface area contributed by atoms with Crippen LogP contribution in [0.5, 0.6) is 5.75 Å². The molecule has 2 aromatic carbocycles. The molecule has 1 aliphatic rings. The first-order chi connectivity index (χ1) is 16.7. The molecule has 11 heteroatoms. The van der Waals surface area contributed by atoms with Gasteiger partial charge in [0, 0.05) is 10.0 Å². The number of nitrogens with zero attached hydrogens (tertiary/aromatic N) is 1. The Morgan fingerprint density at radius 3 is 2.66 bits per heavy atom. The SMILES string of the molecule is COC(=O)c1ccc(CN2C(=O)S/C(=C/c3cc(Br)ccc3OCc3ccc(Cl)c(Cl)c3)C2=O)o1. The monoisotopic (exact) mass is 595 g/mol. The van der Waals surface area contributed by atoms with Crippen LogP contribution in [0.3, 0.4) is 0 Å². The van der Waals surface area contributed by atoms with E-state index in [1.54, 1.807) is 36.4 Å². The zero-order valence-corrected chi connectivity index (χ0v) is 22.0. The topological polar surface area (TPSA) is 86.0 Å². The van der Waals surface area contributed by atoms with Crippen LogP contribution >= 0.6 is 50.9 Å². The predicted molar refractivity (Wildman–Crippen MR) is 136 cm³/mol. The molecule has 35 heavy (non-hydrogen) atoms. The van der Waals surface area contributed by atoms with Crippen molar-refractivity contribution in [3.63, 3.8) is 0 Å². The molecule has 1 fully saturated rings. The lowest BCUT2D eigenvalue weighted by atomic mass is 10.1. The van der Waals surface area contributed by atoms with Crippen LogP contribution in [-0.4, -0.2) is 29.1 Å². The van der Waals surface area contributed by atoms with Gasteiger partial charge in [-0.1, -0.05) is 45.2 Å². The quantitative estimate of drug-likeness (QED) is 0.215. The summed E-state index contributed by atoms with van der Waals surface area (Å²) in [5.41, 5.74) is 1.43. The summed E-state index contributed by atoms with van der Waals surface area (Å²) in [5, 5.41) is 0.421. The number of rotatable bonds is 7. The number of furan rings is 1. The number of esters is 1. The zero-order valence-electron chi connectivity index (χ0n) is 18.0. The Morgan fingerprint density at radius 1 is 1.11 bits per heavy atom. The molecule has 1 aromatic heterocycles. The highest BCUT2D eigenvalue weighted by Gasteiger charge is 2.36. The first-order valence-corrected chi connectivity index (χ1v) is 12.4. The van der Waals surface area contributed by atoms with Gasteiger partial charge in [0.05, 0.1) is 28.6 Å². The van der Waals surface area contributed by atoms with E-state index in [9.17, 15) is 14.4 Å². The number of carbonyl (C=O) groups excluding carboxylic acids is 3. The fraction of sp³-hybridized carbons (Fsp3) is 0.125. The minimum Gasteiger partial charge on any atom is -0.488 e. The van der Waals surface area contributed by atoms with E-state index in [-0.39, 0.29) is 29.6 Å². The number of imide groups is 1. The molecule has 0 unspecified atom stereocenters. The Labute approximate surface area is 223 Å². The van der Waals surface area contributed by atoms with Crippen LogP contribution in [0.15, 0.2) is 62.3 Å². The molecule has 0 N–H and O–H groups in total. The van der Waals surface area contributed by atoms with Crippen molar-refractivity contribution in [2.24, 2.45) is 0 Å². The third kappa shape index (κ3) is 5.92. The predicted octanol–water partition coefficient (Wildman–Crippen LogP) is 6.95. The van der Waals surface area contributed by atoms with E-state index >= 15 is 0 Å². The van der Waals surface area contributed by atoms with Crippen molar-refractivity contribution in [1.82, 2.24) is 4.90 Å². The van der Waals surface area contributed by atoms with Gasteiger partial charge in [0.2, 0.25) is 5.76 Å². The number of thioether (sulfide) groups is 1. The Balaban J connectivity index is 1.52. The smallest absolute Gasteiger partial charge is 0.373 e. The third-order valence-electron chi connectivity index (χ3n) is 4.87. The summed E-state index contributed by atoms with van der Waals surface area (Å²) in [6.07, 6.45) is 1.60. The number of benzene rings is 2. The molecule has 1 saturated heterocycles. The average Bonchev–Trinajstić information content (AvgIpc) is 3.40. The van der Waals surface area contributed by atoms with Gasteiger partial charge in [-0.15, -0.1) is 0 Å². The van der Waals surface area contributed by atoms with Crippen LogP contribution in [0.25, 0.3) is 6.08 Å². The minimum absolute atomic E-state index is 0.0112. The van der Waals surface area contributed by atoms with Crippen LogP contribution in [0, 0.1) is 0 Å². The molecule has 2 amide bonds. The Bertz CT molecular complexity index is 1360. The maximum atomic E-state index is 13.0. The third-order valence-corrected chi connectivity index (χ3v) is 7.01. The molecular weight excluding hydrogens is 581 g/mol. The molecule has 0 radical (unpaired) electrons.